The van der Waals surface area contributed by atoms with Crippen LogP contribution in [0.2, 0.25) is 0 Å². The Bertz CT molecular complexity index is 522. The average molecular weight is 277 g/mol. The quantitative estimate of drug-likeness (QED) is 0.333. The molecule has 4 N–H and O–H groups in total. The van der Waals surface area contributed by atoms with Gasteiger partial charge in [0, 0.05) is 17.7 Å². The predicted octanol–water partition coefficient (Wildman–Crippen LogP) is 1.08. The van der Waals surface area contributed by atoms with E-state index in [9.17, 15) is 4.79 Å². The molecule has 1 aliphatic rings. The Morgan fingerprint density at radius 3 is 2.90 bits per heavy atom. The molecule has 0 aromatic heterocycles. The lowest BCUT2D eigenvalue weighted by molar-refractivity contribution is 0.0272. The van der Waals surface area contributed by atoms with Gasteiger partial charge in [-0.25, -0.2) is 0 Å². The first-order chi connectivity index (χ1) is 9.54. The summed E-state index contributed by atoms with van der Waals surface area (Å²) in [6.45, 7) is 3.22. The lowest BCUT2D eigenvalue weighted by Crippen LogP contribution is -2.51. The van der Waals surface area contributed by atoms with Gasteiger partial charge in [0.05, 0.1) is 12.1 Å². The van der Waals surface area contributed by atoms with Crippen molar-refractivity contribution in [3.8, 4) is 0 Å². The number of rotatable bonds is 3. The van der Waals surface area contributed by atoms with E-state index >= 15 is 0 Å². The third-order valence-corrected chi connectivity index (χ3v) is 3.38. The van der Waals surface area contributed by atoms with Crippen LogP contribution in [-0.4, -0.2) is 35.7 Å². The molecule has 0 saturated carbocycles. The second-order valence-electron chi connectivity index (χ2n) is 5.24. The summed E-state index contributed by atoms with van der Waals surface area (Å²) in [5.41, 5.74) is 6.15. The van der Waals surface area contributed by atoms with Gasteiger partial charge in [-0.15, -0.1) is 0 Å². The SMILES string of the molecule is CC1(NC(=O)c2cccc(/C(N)=N/O)c2)CCCOC1. The van der Waals surface area contributed by atoms with Crippen molar-refractivity contribution >= 4 is 11.7 Å². The summed E-state index contributed by atoms with van der Waals surface area (Å²) in [6, 6.07) is 6.66. The number of amidine groups is 1. The van der Waals surface area contributed by atoms with Gasteiger partial charge in [0.15, 0.2) is 5.84 Å². The van der Waals surface area contributed by atoms with Gasteiger partial charge in [0.25, 0.3) is 5.91 Å². The van der Waals surface area contributed by atoms with Crippen molar-refractivity contribution in [1.82, 2.24) is 5.32 Å². The first-order valence-corrected chi connectivity index (χ1v) is 6.52. The summed E-state index contributed by atoms with van der Waals surface area (Å²) < 4.78 is 5.41. The molecular weight excluding hydrogens is 258 g/mol. The summed E-state index contributed by atoms with van der Waals surface area (Å²) in [5, 5.41) is 14.6. The van der Waals surface area contributed by atoms with Crippen LogP contribution in [0.4, 0.5) is 0 Å². The number of benzene rings is 1. The van der Waals surface area contributed by atoms with Gasteiger partial charge in [0.1, 0.15) is 0 Å². The summed E-state index contributed by atoms with van der Waals surface area (Å²) >= 11 is 0. The largest absolute Gasteiger partial charge is 0.409 e. The molecule has 2 rings (SSSR count). The van der Waals surface area contributed by atoms with Crippen LogP contribution in [0.3, 0.4) is 0 Å². The van der Waals surface area contributed by atoms with Crippen molar-refractivity contribution in [2.24, 2.45) is 10.9 Å². The number of hydrogen-bond acceptors (Lipinski definition) is 4. The minimum Gasteiger partial charge on any atom is -0.409 e. The average Bonchev–Trinajstić information content (AvgIpc) is 2.47. The zero-order valence-electron chi connectivity index (χ0n) is 11.4. The van der Waals surface area contributed by atoms with Crippen molar-refractivity contribution in [3.05, 3.63) is 35.4 Å². The topological polar surface area (TPSA) is 96.9 Å². The maximum atomic E-state index is 12.3. The van der Waals surface area contributed by atoms with Crippen molar-refractivity contribution in [2.75, 3.05) is 13.2 Å². The Labute approximate surface area is 117 Å². The number of hydrogen-bond donors (Lipinski definition) is 3. The first-order valence-electron chi connectivity index (χ1n) is 6.52. The maximum absolute atomic E-state index is 12.3. The van der Waals surface area contributed by atoms with Crippen molar-refractivity contribution in [3.63, 3.8) is 0 Å². The monoisotopic (exact) mass is 277 g/mol. The lowest BCUT2D eigenvalue weighted by Gasteiger charge is -2.34. The van der Waals surface area contributed by atoms with Gasteiger partial charge in [-0.05, 0) is 31.9 Å². The van der Waals surface area contributed by atoms with Gasteiger partial charge < -0.3 is 21.0 Å². The second-order valence-corrected chi connectivity index (χ2v) is 5.24. The molecule has 1 aliphatic heterocycles. The molecule has 1 atom stereocenters. The summed E-state index contributed by atoms with van der Waals surface area (Å²) in [5.74, 6) is -0.211. The van der Waals surface area contributed by atoms with Crippen molar-refractivity contribution < 1.29 is 14.7 Å². The normalized spacial score (nSPS) is 23.4. The van der Waals surface area contributed by atoms with Crippen LogP contribution < -0.4 is 11.1 Å². The van der Waals surface area contributed by atoms with E-state index in [1.165, 1.54) is 0 Å². The lowest BCUT2D eigenvalue weighted by atomic mass is 9.94. The molecule has 1 aromatic carbocycles. The Morgan fingerprint density at radius 2 is 2.25 bits per heavy atom. The number of nitrogens with one attached hydrogen (secondary N) is 1. The molecule has 0 bridgehead atoms. The third-order valence-electron chi connectivity index (χ3n) is 3.38. The van der Waals surface area contributed by atoms with Crippen LogP contribution in [0.1, 0.15) is 35.7 Å². The van der Waals surface area contributed by atoms with E-state index in [0.717, 1.165) is 19.4 Å². The number of carbonyl (C=O) groups excluding carboxylic acids is 1. The zero-order valence-corrected chi connectivity index (χ0v) is 11.4. The minimum absolute atomic E-state index is 0.0214. The maximum Gasteiger partial charge on any atom is 0.251 e. The minimum atomic E-state index is -0.345. The standard InChI is InChI=1S/C14H19N3O3/c1-14(6-3-7-20-9-14)16-13(18)11-5-2-4-10(8-11)12(15)17-19/h2,4-5,8,19H,3,6-7,9H2,1H3,(H2,15,17)(H,16,18). The van der Waals surface area contributed by atoms with Gasteiger partial charge >= 0.3 is 0 Å². The van der Waals surface area contributed by atoms with E-state index in [1.807, 2.05) is 6.92 Å². The first kappa shape index (κ1) is 14.3. The summed E-state index contributed by atoms with van der Waals surface area (Å²) in [4.78, 5) is 12.3. The van der Waals surface area contributed by atoms with Crippen LogP contribution in [0.15, 0.2) is 29.4 Å². The van der Waals surface area contributed by atoms with E-state index in [4.69, 9.17) is 15.7 Å². The van der Waals surface area contributed by atoms with E-state index in [0.29, 0.717) is 17.7 Å². The molecule has 1 saturated heterocycles. The third kappa shape index (κ3) is 3.27. The number of carbonyl (C=O) groups is 1. The van der Waals surface area contributed by atoms with Crippen LogP contribution in [0.5, 0.6) is 0 Å². The highest BCUT2D eigenvalue weighted by Crippen LogP contribution is 2.19. The van der Waals surface area contributed by atoms with E-state index in [1.54, 1.807) is 24.3 Å². The van der Waals surface area contributed by atoms with Gasteiger partial charge in [-0.1, -0.05) is 17.3 Å². The van der Waals surface area contributed by atoms with Crippen LogP contribution in [0, 0.1) is 0 Å². The number of oxime groups is 1. The highest BCUT2D eigenvalue weighted by atomic mass is 16.5. The number of amides is 1. The highest BCUT2D eigenvalue weighted by molar-refractivity contribution is 6.01. The molecule has 0 radical (unpaired) electrons. The predicted molar refractivity (Wildman–Crippen MR) is 74.9 cm³/mol. The van der Waals surface area contributed by atoms with Crippen molar-refractivity contribution in [1.29, 1.82) is 0 Å². The molecule has 6 nitrogen and oxygen atoms in total. The number of nitrogens with two attached hydrogens (primary N) is 1. The van der Waals surface area contributed by atoms with Crippen LogP contribution in [0.25, 0.3) is 0 Å². The Hall–Kier alpha value is -2.08. The Morgan fingerprint density at radius 1 is 1.50 bits per heavy atom. The Balaban J connectivity index is 2.13. The van der Waals surface area contributed by atoms with Crippen LogP contribution in [-0.2, 0) is 4.74 Å². The fourth-order valence-corrected chi connectivity index (χ4v) is 2.26. The van der Waals surface area contributed by atoms with Crippen LogP contribution >= 0.6 is 0 Å². The Kier molecular flexibility index (Phi) is 4.24. The fraction of sp³-hybridized carbons (Fsp3) is 0.429. The fourth-order valence-electron chi connectivity index (χ4n) is 2.26. The molecule has 0 aliphatic carbocycles. The number of nitrogens with zero attached hydrogens (tertiary/aromatic N) is 1. The van der Waals surface area contributed by atoms with E-state index in [2.05, 4.69) is 10.5 Å². The summed E-state index contributed by atoms with van der Waals surface area (Å²) in [6.07, 6.45) is 1.82. The van der Waals surface area contributed by atoms with Gasteiger partial charge in [-0.3, -0.25) is 4.79 Å². The zero-order chi connectivity index (χ0) is 14.6. The second kappa shape index (κ2) is 5.92. The molecular formula is C14H19N3O3. The molecule has 0 spiro atoms. The number of ether oxygens (including phenoxy) is 1. The molecule has 1 fully saturated rings. The molecule has 1 aromatic rings. The summed E-state index contributed by atoms with van der Waals surface area (Å²) in [7, 11) is 0. The van der Waals surface area contributed by atoms with Crippen molar-refractivity contribution in [2.45, 2.75) is 25.3 Å². The molecule has 108 valence electrons. The molecule has 1 heterocycles. The smallest absolute Gasteiger partial charge is 0.251 e. The van der Waals surface area contributed by atoms with E-state index in [-0.39, 0.29) is 17.3 Å². The molecule has 1 unspecified atom stereocenters. The van der Waals surface area contributed by atoms with E-state index < -0.39 is 0 Å². The molecule has 6 heteroatoms. The van der Waals surface area contributed by atoms with Gasteiger partial charge in [0.2, 0.25) is 0 Å². The highest BCUT2D eigenvalue weighted by Gasteiger charge is 2.29. The molecule has 1 amide bonds. The van der Waals surface area contributed by atoms with Gasteiger partial charge in [-0.2, -0.15) is 0 Å². The molecule has 20 heavy (non-hydrogen) atoms.